The van der Waals surface area contributed by atoms with E-state index in [1.165, 1.54) is 175 Å². The summed E-state index contributed by atoms with van der Waals surface area (Å²) >= 11 is 0. The Kier molecular flexibility index (Phi) is 22.3. The van der Waals surface area contributed by atoms with Crippen molar-refractivity contribution in [1.82, 2.24) is 24.5 Å². The molecule has 0 spiro atoms. The molecule has 57 heavy (non-hydrogen) atoms. The molecule has 6 fully saturated rings. The minimum Gasteiger partial charge on any atom is -0.303 e. The summed E-state index contributed by atoms with van der Waals surface area (Å²) in [7, 11) is 0. The smallest absolute Gasteiger partial charge is 0.00385 e. The van der Waals surface area contributed by atoms with E-state index in [2.05, 4.69) is 108 Å². The monoisotopic (exact) mass is 798 g/mol. The fourth-order valence-electron chi connectivity index (χ4n) is 12.0. The fourth-order valence-corrected chi connectivity index (χ4v) is 12.0. The van der Waals surface area contributed by atoms with Gasteiger partial charge in [0.2, 0.25) is 0 Å². The molecule has 5 aliphatic heterocycles. The molecule has 0 aromatic rings. The van der Waals surface area contributed by atoms with Gasteiger partial charge in [-0.05, 0) is 264 Å². The molecule has 0 bridgehead atoms. The average molecular weight is 798 g/mol. The SMILES string of the molecule is CC(C)C1CCC(CC2CCN(C(C)C)CC2)CC1.CC(C)C1CCN(CC2CCN(C(C)C)CC2)CC1.CC(C)N1CCC(CC2CCN(C(C)C)CC2)CC1. The Balaban J connectivity index is 0.000000189. The molecule has 6 aliphatic rings. The molecule has 336 valence electrons. The molecule has 5 heteroatoms. The molecule has 0 amide bonds. The van der Waals surface area contributed by atoms with Gasteiger partial charge in [0.25, 0.3) is 0 Å². The van der Waals surface area contributed by atoms with Gasteiger partial charge in [0.1, 0.15) is 0 Å². The predicted molar refractivity (Wildman–Crippen MR) is 251 cm³/mol. The van der Waals surface area contributed by atoms with E-state index in [1.54, 1.807) is 0 Å². The zero-order chi connectivity index (χ0) is 41.5. The summed E-state index contributed by atoms with van der Waals surface area (Å²) in [4.78, 5) is 13.3. The first kappa shape index (κ1) is 49.5. The van der Waals surface area contributed by atoms with Crippen LogP contribution in [0.1, 0.15) is 186 Å². The third kappa shape index (κ3) is 17.6. The lowest BCUT2D eigenvalue weighted by molar-refractivity contribution is 0.0970. The summed E-state index contributed by atoms with van der Waals surface area (Å²) in [6, 6.07) is 2.98. The topological polar surface area (TPSA) is 16.2 Å². The van der Waals surface area contributed by atoms with Crippen molar-refractivity contribution < 1.29 is 0 Å². The lowest BCUT2D eigenvalue weighted by Gasteiger charge is -2.39. The van der Waals surface area contributed by atoms with Crippen LogP contribution in [0.4, 0.5) is 0 Å². The van der Waals surface area contributed by atoms with Crippen LogP contribution in [0.2, 0.25) is 0 Å². The second-order valence-electron chi connectivity index (χ2n) is 22.7. The van der Waals surface area contributed by atoms with Crippen LogP contribution in [0.3, 0.4) is 0 Å². The van der Waals surface area contributed by atoms with Crippen molar-refractivity contribution in [2.75, 3.05) is 72.0 Å². The van der Waals surface area contributed by atoms with Crippen LogP contribution in [-0.2, 0) is 0 Å². The Morgan fingerprint density at radius 3 is 0.842 bits per heavy atom. The molecule has 0 aromatic carbocycles. The zero-order valence-corrected chi connectivity index (χ0v) is 40.8. The largest absolute Gasteiger partial charge is 0.303 e. The van der Waals surface area contributed by atoms with Gasteiger partial charge in [0, 0.05) is 30.7 Å². The van der Waals surface area contributed by atoms with E-state index in [1.807, 2.05) is 0 Å². The van der Waals surface area contributed by atoms with Gasteiger partial charge in [-0.3, -0.25) is 0 Å². The normalized spacial score (nSPS) is 27.5. The molecule has 0 N–H and O–H groups in total. The maximum atomic E-state index is 2.74. The number of hydrogen-bond acceptors (Lipinski definition) is 5. The molecule has 0 radical (unpaired) electrons. The Labute approximate surface area is 358 Å². The van der Waals surface area contributed by atoms with Crippen LogP contribution >= 0.6 is 0 Å². The first-order chi connectivity index (χ1) is 27.2. The van der Waals surface area contributed by atoms with Crippen molar-refractivity contribution in [3.8, 4) is 0 Å². The van der Waals surface area contributed by atoms with Crippen molar-refractivity contribution in [1.29, 1.82) is 0 Å². The van der Waals surface area contributed by atoms with Gasteiger partial charge in [-0.2, -0.15) is 0 Å². The molecule has 0 aromatic heterocycles. The van der Waals surface area contributed by atoms with E-state index in [9.17, 15) is 0 Å². The van der Waals surface area contributed by atoms with Crippen LogP contribution in [0.15, 0.2) is 0 Å². The summed E-state index contributed by atoms with van der Waals surface area (Å²) in [5.74, 6) is 8.91. The first-order valence-electron chi connectivity index (χ1n) is 25.9. The lowest BCUT2D eigenvalue weighted by atomic mass is 9.73. The van der Waals surface area contributed by atoms with Gasteiger partial charge in [-0.1, -0.05) is 40.5 Å². The molecule has 0 atom stereocenters. The summed E-state index contributed by atoms with van der Waals surface area (Å²) in [6.45, 7) is 43.1. The number of piperidine rings is 5. The van der Waals surface area contributed by atoms with E-state index < -0.39 is 0 Å². The summed E-state index contributed by atoms with van der Waals surface area (Å²) < 4.78 is 0. The molecule has 5 heterocycles. The Morgan fingerprint density at radius 1 is 0.298 bits per heavy atom. The Bertz CT molecular complexity index is 785. The number of likely N-dealkylation sites (tertiary alicyclic amines) is 5. The van der Waals surface area contributed by atoms with Gasteiger partial charge in [-0.15, -0.1) is 0 Å². The highest BCUT2D eigenvalue weighted by Crippen LogP contribution is 2.38. The minimum atomic E-state index is 0.739. The van der Waals surface area contributed by atoms with Crippen LogP contribution in [-0.4, -0.2) is 121 Å². The summed E-state index contributed by atoms with van der Waals surface area (Å²) in [5.41, 5.74) is 0. The van der Waals surface area contributed by atoms with E-state index in [-0.39, 0.29) is 0 Å². The minimum absolute atomic E-state index is 0.739. The first-order valence-corrected chi connectivity index (χ1v) is 25.9. The van der Waals surface area contributed by atoms with Crippen LogP contribution in [0.5, 0.6) is 0 Å². The van der Waals surface area contributed by atoms with Gasteiger partial charge in [-0.25, -0.2) is 0 Å². The summed E-state index contributed by atoms with van der Waals surface area (Å²) in [5, 5.41) is 0. The van der Waals surface area contributed by atoms with Crippen molar-refractivity contribution in [2.24, 2.45) is 53.3 Å². The second kappa shape index (κ2) is 25.7. The van der Waals surface area contributed by atoms with Crippen LogP contribution in [0.25, 0.3) is 0 Å². The Hall–Kier alpha value is -0.200. The zero-order valence-electron chi connectivity index (χ0n) is 40.8. The third-order valence-corrected chi connectivity index (χ3v) is 16.8. The molecule has 1 aliphatic carbocycles. The maximum absolute atomic E-state index is 2.74. The lowest BCUT2D eigenvalue weighted by Crippen LogP contribution is -2.43. The van der Waals surface area contributed by atoms with Crippen molar-refractivity contribution in [3.63, 3.8) is 0 Å². The van der Waals surface area contributed by atoms with Crippen LogP contribution < -0.4 is 0 Å². The van der Waals surface area contributed by atoms with Crippen LogP contribution in [0, 0.1) is 53.3 Å². The average Bonchev–Trinajstić information content (AvgIpc) is 3.19. The van der Waals surface area contributed by atoms with E-state index in [4.69, 9.17) is 0 Å². The molecular weight excluding hydrogens is 695 g/mol. The molecule has 0 unspecified atom stereocenters. The number of rotatable bonds is 12. The summed E-state index contributed by atoms with van der Waals surface area (Å²) in [6.07, 6.45) is 23.5. The van der Waals surface area contributed by atoms with Crippen molar-refractivity contribution in [2.45, 2.75) is 210 Å². The van der Waals surface area contributed by atoms with Gasteiger partial charge in [0.05, 0.1) is 0 Å². The van der Waals surface area contributed by atoms with E-state index in [0.29, 0.717) is 0 Å². The highest BCUT2D eigenvalue weighted by atomic mass is 15.2. The highest BCUT2D eigenvalue weighted by molar-refractivity contribution is 4.83. The maximum Gasteiger partial charge on any atom is 0.00385 e. The molecule has 1 saturated carbocycles. The van der Waals surface area contributed by atoms with E-state index in [0.717, 1.165) is 77.4 Å². The number of nitrogens with zero attached hydrogens (tertiary/aromatic N) is 5. The quantitative estimate of drug-likeness (QED) is 0.195. The van der Waals surface area contributed by atoms with Gasteiger partial charge < -0.3 is 24.5 Å². The molecular formula is C52H103N5. The highest BCUT2D eigenvalue weighted by Gasteiger charge is 2.30. The molecule has 5 nitrogen and oxygen atoms in total. The molecule has 5 saturated heterocycles. The predicted octanol–water partition coefficient (Wildman–Crippen LogP) is 12.1. The fraction of sp³-hybridized carbons (Fsp3) is 1.00. The van der Waals surface area contributed by atoms with E-state index >= 15 is 0 Å². The number of hydrogen-bond donors (Lipinski definition) is 0. The van der Waals surface area contributed by atoms with Gasteiger partial charge in [0.15, 0.2) is 0 Å². The third-order valence-electron chi connectivity index (χ3n) is 16.8. The standard InChI is InChI=1S/C18H35N.2C17H34N2/c1-14(2)18-7-5-16(6-8-18)13-17-9-11-19(12-10-17)15(3)4;1-14(2)17-7-9-18(10-8-17)13-16-5-11-19(12-6-16)15(3)4;1-14(2)18-9-5-16(6-10-18)13-17-7-11-19(12-8-17)15(3)4/h14-18H,5-13H2,1-4H3;2*14-17H,5-13H2,1-4H3. The van der Waals surface area contributed by atoms with Crippen molar-refractivity contribution in [3.05, 3.63) is 0 Å². The Morgan fingerprint density at radius 2 is 0.561 bits per heavy atom. The van der Waals surface area contributed by atoms with Crippen molar-refractivity contribution >= 4 is 0 Å². The molecule has 6 rings (SSSR count). The second-order valence-corrected chi connectivity index (χ2v) is 22.7. The van der Waals surface area contributed by atoms with Gasteiger partial charge >= 0.3 is 0 Å².